The maximum atomic E-state index is 13.3. The zero-order valence-electron chi connectivity index (χ0n) is 18.2. The van der Waals surface area contributed by atoms with Crippen molar-refractivity contribution in [2.24, 2.45) is 11.8 Å². The zero-order chi connectivity index (χ0) is 22.4. The number of morpholine rings is 1. The Labute approximate surface area is 184 Å². The van der Waals surface area contributed by atoms with E-state index in [1.165, 1.54) is 25.5 Å². The molecule has 2 aliphatic carbocycles. The molecule has 6 atom stereocenters. The summed E-state index contributed by atoms with van der Waals surface area (Å²) in [6, 6.07) is 4.40. The van der Waals surface area contributed by atoms with Crippen molar-refractivity contribution in [3.63, 3.8) is 0 Å². The molecule has 6 nitrogen and oxygen atoms in total. The summed E-state index contributed by atoms with van der Waals surface area (Å²) in [6.07, 6.45) is 0.827. The van der Waals surface area contributed by atoms with Gasteiger partial charge in [-0.2, -0.15) is 18.3 Å². The first-order valence-corrected chi connectivity index (χ1v) is 11.5. The van der Waals surface area contributed by atoms with E-state index < -0.39 is 17.6 Å². The summed E-state index contributed by atoms with van der Waals surface area (Å²) in [5.74, 6) is 1.21. The standard InChI is InChI=1S/C23H28F3N5O/c1-11(2)31-20(7-19(29-31)12-3-18(23(24,25)26)22(27)28-8-12)21-16-5-13(6-17(16)21)30-9-15-4-14(30)10-32-15/h3,7-8,11,13-17,21H,4-6,9-10H2,1-2H3,(H2,27,28)/t13?,14-,15-,16-,17+,21?/m0/s1. The van der Waals surface area contributed by atoms with E-state index in [2.05, 4.69) is 23.7 Å². The average molecular weight is 448 g/mol. The van der Waals surface area contributed by atoms with Gasteiger partial charge in [0.05, 0.1) is 24.0 Å². The predicted octanol–water partition coefficient (Wildman–Crippen LogP) is 4.09. The fraction of sp³-hybridized carbons (Fsp3) is 0.652. The lowest BCUT2D eigenvalue weighted by molar-refractivity contribution is -0.137. The van der Waals surface area contributed by atoms with Gasteiger partial charge in [-0.15, -0.1) is 0 Å². The average Bonchev–Trinajstić information content (AvgIpc) is 3.31. The number of ether oxygens (including phenoxy) is 1. The summed E-state index contributed by atoms with van der Waals surface area (Å²) in [5.41, 5.74) is 6.58. The van der Waals surface area contributed by atoms with Crippen LogP contribution in [0.5, 0.6) is 0 Å². The first-order valence-electron chi connectivity index (χ1n) is 11.5. The molecule has 0 amide bonds. The minimum atomic E-state index is -4.54. The Morgan fingerprint density at radius 3 is 2.47 bits per heavy atom. The van der Waals surface area contributed by atoms with Crippen LogP contribution in [0.15, 0.2) is 18.3 Å². The second kappa shape index (κ2) is 6.93. The van der Waals surface area contributed by atoms with Crippen LogP contribution in [0.25, 0.3) is 11.3 Å². The highest BCUT2D eigenvalue weighted by atomic mass is 19.4. The summed E-state index contributed by atoms with van der Waals surface area (Å²) in [5, 5.41) is 4.69. The number of hydrogen-bond donors (Lipinski definition) is 1. The van der Waals surface area contributed by atoms with Gasteiger partial charge >= 0.3 is 6.18 Å². The molecule has 2 aliphatic heterocycles. The van der Waals surface area contributed by atoms with Gasteiger partial charge in [-0.05, 0) is 57.1 Å². The fourth-order valence-electron chi connectivity index (χ4n) is 6.45. The van der Waals surface area contributed by atoms with Crippen LogP contribution >= 0.6 is 0 Å². The highest BCUT2D eigenvalue weighted by Gasteiger charge is 2.60. The normalized spacial score (nSPS) is 33.9. The lowest BCUT2D eigenvalue weighted by Crippen LogP contribution is -2.43. The number of nitrogens with zero attached hydrogens (tertiary/aromatic N) is 4. The topological polar surface area (TPSA) is 69.2 Å². The van der Waals surface area contributed by atoms with Crippen LogP contribution in [-0.4, -0.2) is 51.0 Å². The number of aromatic nitrogens is 3. The van der Waals surface area contributed by atoms with Gasteiger partial charge in [-0.1, -0.05) is 0 Å². The number of pyridine rings is 1. The molecule has 9 heteroatoms. The van der Waals surface area contributed by atoms with Crippen LogP contribution < -0.4 is 5.73 Å². The Balaban J connectivity index is 1.24. The smallest absolute Gasteiger partial charge is 0.383 e. The monoisotopic (exact) mass is 447 g/mol. The number of rotatable bonds is 4. The third-order valence-corrected chi connectivity index (χ3v) is 7.95. The first kappa shape index (κ1) is 20.5. The summed E-state index contributed by atoms with van der Waals surface area (Å²) in [7, 11) is 0. The zero-order valence-corrected chi connectivity index (χ0v) is 18.2. The third kappa shape index (κ3) is 3.15. The molecular weight excluding hydrogens is 419 g/mol. The number of anilines is 1. The lowest BCUT2D eigenvalue weighted by atomic mass is 10.0. The molecule has 4 aliphatic rings. The van der Waals surface area contributed by atoms with Crippen LogP contribution in [0.1, 0.15) is 56.3 Å². The van der Waals surface area contributed by atoms with E-state index in [1.807, 2.05) is 10.7 Å². The predicted molar refractivity (Wildman–Crippen MR) is 113 cm³/mol. The largest absolute Gasteiger partial charge is 0.419 e. The molecule has 172 valence electrons. The second-order valence-corrected chi connectivity index (χ2v) is 10.2. The molecule has 0 spiro atoms. The van der Waals surface area contributed by atoms with Crippen molar-refractivity contribution in [3.8, 4) is 11.3 Å². The summed E-state index contributed by atoms with van der Waals surface area (Å²) in [4.78, 5) is 6.46. The van der Waals surface area contributed by atoms with Crippen LogP contribution in [-0.2, 0) is 10.9 Å². The van der Waals surface area contributed by atoms with Gasteiger partial charge in [0.2, 0.25) is 0 Å². The van der Waals surface area contributed by atoms with Crippen molar-refractivity contribution < 1.29 is 17.9 Å². The van der Waals surface area contributed by atoms with E-state index in [4.69, 9.17) is 15.6 Å². The molecule has 4 fully saturated rings. The van der Waals surface area contributed by atoms with E-state index in [0.717, 1.165) is 24.9 Å². The molecule has 2 aromatic heterocycles. The van der Waals surface area contributed by atoms with Crippen LogP contribution in [0, 0.1) is 11.8 Å². The van der Waals surface area contributed by atoms with Crippen LogP contribution in [0.4, 0.5) is 19.0 Å². The number of likely N-dealkylation sites (tertiary alicyclic amines) is 1. The Morgan fingerprint density at radius 1 is 1.12 bits per heavy atom. The minimum absolute atomic E-state index is 0.131. The Morgan fingerprint density at radius 2 is 1.88 bits per heavy atom. The van der Waals surface area contributed by atoms with Crippen molar-refractivity contribution in [3.05, 3.63) is 29.6 Å². The van der Waals surface area contributed by atoms with E-state index in [-0.39, 0.29) is 6.04 Å². The van der Waals surface area contributed by atoms with Crippen molar-refractivity contribution in [1.29, 1.82) is 0 Å². The fourth-order valence-corrected chi connectivity index (χ4v) is 6.45. The molecule has 2 saturated carbocycles. The molecule has 2 aromatic rings. The van der Waals surface area contributed by atoms with Crippen molar-refractivity contribution in [1.82, 2.24) is 19.7 Å². The van der Waals surface area contributed by atoms with Crippen LogP contribution in [0.2, 0.25) is 0 Å². The summed E-state index contributed by atoms with van der Waals surface area (Å²) in [6.45, 7) is 6.06. The Hall–Kier alpha value is -2.13. The van der Waals surface area contributed by atoms with Gasteiger partial charge in [-0.3, -0.25) is 9.58 Å². The quantitative estimate of drug-likeness (QED) is 0.765. The molecule has 6 rings (SSSR count). The number of nitrogens with two attached hydrogens (primary N) is 1. The van der Waals surface area contributed by atoms with Gasteiger partial charge in [-0.25, -0.2) is 4.98 Å². The third-order valence-electron chi connectivity index (χ3n) is 7.95. The second-order valence-electron chi connectivity index (χ2n) is 10.2. The Kier molecular flexibility index (Phi) is 4.44. The minimum Gasteiger partial charge on any atom is -0.383 e. The number of halogens is 3. The molecular formula is C23H28F3N5O. The van der Waals surface area contributed by atoms with Gasteiger partial charge in [0, 0.05) is 48.0 Å². The number of alkyl halides is 3. The van der Waals surface area contributed by atoms with E-state index in [9.17, 15) is 13.2 Å². The highest BCUT2D eigenvalue weighted by Crippen LogP contribution is 2.64. The molecule has 32 heavy (non-hydrogen) atoms. The van der Waals surface area contributed by atoms with Gasteiger partial charge in [0.15, 0.2) is 0 Å². The number of fused-ring (bicyclic) bond motifs is 3. The first-order chi connectivity index (χ1) is 15.2. The van der Waals surface area contributed by atoms with Crippen LogP contribution in [0.3, 0.4) is 0 Å². The highest BCUT2D eigenvalue weighted by molar-refractivity contribution is 5.63. The molecule has 0 aromatic carbocycles. The van der Waals surface area contributed by atoms with E-state index in [0.29, 0.717) is 47.2 Å². The van der Waals surface area contributed by atoms with Gasteiger partial charge in [0.25, 0.3) is 0 Å². The van der Waals surface area contributed by atoms with Gasteiger partial charge in [0.1, 0.15) is 5.82 Å². The molecule has 2 bridgehead atoms. The molecule has 2 unspecified atom stereocenters. The van der Waals surface area contributed by atoms with E-state index >= 15 is 0 Å². The number of nitrogen functional groups attached to an aromatic ring is 1. The van der Waals surface area contributed by atoms with Crippen molar-refractivity contribution in [2.75, 3.05) is 18.9 Å². The summed E-state index contributed by atoms with van der Waals surface area (Å²) >= 11 is 0. The summed E-state index contributed by atoms with van der Waals surface area (Å²) < 4.78 is 47.7. The number of hydrogen-bond acceptors (Lipinski definition) is 5. The Bertz CT molecular complexity index is 1040. The molecule has 2 saturated heterocycles. The molecule has 4 heterocycles. The molecule has 2 N–H and O–H groups in total. The van der Waals surface area contributed by atoms with Crippen molar-refractivity contribution >= 4 is 5.82 Å². The lowest BCUT2D eigenvalue weighted by Gasteiger charge is -2.33. The maximum Gasteiger partial charge on any atom is 0.419 e. The maximum absolute atomic E-state index is 13.3. The SMILES string of the molecule is CC(C)n1nc(-c2cnc(N)c(C(F)(F)F)c2)cc1C1[C@H]2CC(N3C[C@@H]4C[C@H]3CO4)C[C@@H]12. The van der Waals surface area contributed by atoms with Gasteiger partial charge < -0.3 is 10.5 Å². The van der Waals surface area contributed by atoms with E-state index in [1.54, 1.807) is 0 Å². The van der Waals surface area contributed by atoms with Crippen molar-refractivity contribution in [2.45, 2.75) is 69.4 Å². The molecule has 0 radical (unpaired) electrons.